The van der Waals surface area contributed by atoms with Gasteiger partial charge in [0.05, 0.1) is 11.9 Å². The normalized spacial score (nSPS) is 10.5. The highest BCUT2D eigenvalue weighted by atomic mass is 15.2. The fourth-order valence-electron chi connectivity index (χ4n) is 1.71. The Balaban J connectivity index is 2.61. The van der Waals surface area contributed by atoms with Gasteiger partial charge in [0.15, 0.2) is 0 Å². The molecule has 0 N–H and O–H groups in total. The molecule has 0 aliphatic carbocycles. The van der Waals surface area contributed by atoms with Crippen LogP contribution in [-0.2, 0) is 7.05 Å². The second-order valence-corrected chi connectivity index (χ2v) is 3.55. The topological polar surface area (TPSA) is 17.8 Å². The molecule has 1 aromatic carbocycles. The first-order chi connectivity index (χ1) is 6.68. The van der Waals surface area contributed by atoms with Gasteiger partial charge in [-0.1, -0.05) is 18.2 Å². The molecule has 2 aromatic rings. The van der Waals surface area contributed by atoms with Crippen LogP contribution in [0.15, 0.2) is 24.3 Å². The molecule has 0 atom stereocenters. The SMILES string of the molecule is Cc1cccc(C)c1-c1c[c]n(C)n1. The maximum absolute atomic E-state index is 4.36. The van der Waals surface area contributed by atoms with Crippen LogP contribution >= 0.6 is 0 Å². The van der Waals surface area contributed by atoms with Gasteiger partial charge in [-0.05, 0) is 31.0 Å². The average molecular weight is 185 g/mol. The van der Waals surface area contributed by atoms with Crippen LogP contribution in [0, 0.1) is 20.0 Å². The molecule has 1 aromatic heterocycles. The molecule has 0 aliphatic heterocycles. The van der Waals surface area contributed by atoms with E-state index in [0.717, 1.165) is 5.69 Å². The van der Waals surface area contributed by atoms with Crippen LogP contribution in [0.3, 0.4) is 0 Å². The summed E-state index contributed by atoms with van der Waals surface area (Å²) in [5.41, 5.74) is 4.75. The fourth-order valence-corrected chi connectivity index (χ4v) is 1.71. The molecule has 0 amide bonds. The lowest BCUT2D eigenvalue weighted by Gasteiger charge is -2.05. The zero-order valence-corrected chi connectivity index (χ0v) is 8.70. The third-order valence-corrected chi connectivity index (χ3v) is 2.38. The van der Waals surface area contributed by atoms with Crippen LogP contribution in [-0.4, -0.2) is 9.78 Å². The highest BCUT2D eigenvalue weighted by Crippen LogP contribution is 2.24. The summed E-state index contributed by atoms with van der Waals surface area (Å²) in [4.78, 5) is 0. The Morgan fingerprint density at radius 3 is 2.36 bits per heavy atom. The summed E-state index contributed by atoms with van der Waals surface area (Å²) in [5, 5.41) is 4.36. The summed E-state index contributed by atoms with van der Waals surface area (Å²) in [5.74, 6) is 0. The minimum Gasteiger partial charge on any atom is -0.266 e. The van der Waals surface area contributed by atoms with E-state index in [-0.39, 0.29) is 0 Å². The fraction of sp³-hybridized carbons (Fsp3) is 0.250. The van der Waals surface area contributed by atoms with Crippen LogP contribution in [0.4, 0.5) is 0 Å². The summed E-state index contributed by atoms with van der Waals surface area (Å²) in [6.45, 7) is 4.22. The molecule has 0 unspecified atom stereocenters. The molecule has 0 fully saturated rings. The number of hydrogen-bond acceptors (Lipinski definition) is 1. The van der Waals surface area contributed by atoms with Crippen molar-refractivity contribution in [1.29, 1.82) is 0 Å². The lowest BCUT2D eigenvalue weighted by atomic mass is 10.0. The number of hydrogen-bond donors (Lipinski definition) is 0. The van der Waals surface area contributed by atoms with Gasteiger partial charge in [0.1, 0.15) is 0 Å². The van der Waals surface area contributed by atoms with Crippen LogP contribution in [0.25, 0.3) is 11.3 Å². The number of nitrogens with zero attached hydrogens (tertiary/aromatic N) is 2. The van der Waals surface area contributed by atoms with E-state index in [1.54, 1.807) is 4.68 Å². The van der Waals surface area contributed by atoms with E-state index in [2.05, 4.69) is 43.3 Å². The van der Waals surface area contributed by atoms with Crippen molar-refractivity contribution in [1.82, 2.24) is 9.78 Å². The Bertz CT molecular complexity index is 435. The van der Waals surface area contributed by atoms with Gasteiger partial charge >= 0.3 is 0 Å². The minimum absolute atomic E-state index is 1.00. The van der Waals surface area contributed by atoms with Gasteiger partial charge in [-0.25, -0.2) is 0 Å². The Hall–Kier alpha value is -1.57. The van der Waals surface area contributed by atoms with E-state index >= 15 is 0 Å². The molecule has 0 aliphatic rings. The predicted molar refractivity (Wildman–Crippen MR) is 57.0 cm³/mol. The highest BCUT2D eigenvalue weighted by Gasteiger charge is 2.07. The van der Waals surface area contributed by atoms with E-state index in [9.17, 15) is 0 Å². The molecule has 0 spiro atoms. The first-order valence-electron chi connectivity index (χ1n) is 4.67. The van der Waals surface area contributed by atoms with Crippen molar-refractivity contribution < 1.29 is 0 Å². The minimum atomic E-state index is 1.00. The Morgan fingerprint density at radius 1 is 1.21 bits per heavy atom. The van der Waals surface area contributed by atoms with Crippen molar-refractivity contribution in [2.75, 3.05) is 0 Å². The van der Waals surface area contributed by atoms with Crippen LogP contribution in [0.5, 0.6) is 0 Å². The van der Waals surface area contributed by atoms with Gasteiger partial charge in [-0.2, -0.15) is 5.10 Å². The Kier molecular flexibility index (Phi) is 2.12. The molecule has 2 heteroatoms. The van der Waals surface area contributed by atoms with E-state index < -0.39 is 0 Å². The van der Waals surface area contributed by atoms with Crippen molar-refractivity contribution in [3.63, 3.8) is 0 Å². The standard InChI is InChI=1S/C12H13N2/c1-9-5-4-6-10(2)12(9)11-7-8-14(3)13-11/h4-7H,1-3H3. The predicted octanol–water partition coefficient (Wildman–Crippen LogP) is 2.50. The number of aryl methyl sites for hydroxylation is 3. The van der Waals surface area contributed by atoms with E-state index in [0.29, 0.717) is 0 Å². The lowest BCUT2D eigenvalue weighted by molar-refractivity contribution is 0.764. The van der Waals surface area contributed by atoms with Crippen molar-refractivity contribution >= 4 is 0 Å². The molecule has 2 nitrogen and oxygen atoms in total. The highest BCUT2D eigenvalue weighted by molar-refractivity contribution is 5.66. The second-order valence-electron chi connectivity index (χ2n) is 3.55. The smallest absolute Gasteiger partial charge is 0.0935 e. The molecular formula is C12H13N2. The molecule has 1 heterocycles. The zero-order valence-electron chi connectivity index (χ0n) is 8.70. The number of aromatic nitrogens is 2. The summed E-state index contributed by atoms with van der Waals surface area (Å²) >= 11 is 0. The molecule has 1 radical (unpaired) electrons. The van der Waals surface area contributed by atoms with Crippen molar-refractivity contribution in [2.24, 2.45) is 7.05 Å². The first kappa shape index (κ1) is 9.00. The van der Waals surface area contributed by atoms with Crippen molar-refractivity contribution in [3.05, 3.63) is 41.6 Å². The second kappa shape index (κ2) is 3.29. The van der Waals surface area contributed by atoms with E-state index in [4.69, 9.17) is 0 Å². The van der Waals surface area contributed by atoms with Gasteiger partial charge in [-0.3, -0.25) is 4.68 Å². The largest absolute Gasteiger partial charge is 0.266 e. The third kappa shape index (κ3) is 1.43. The Morgan fingerprint density at radius 2 is 1.86 bits per heavy atom. The van der Waals surface area contributed by atoms with Gasteiger partial charge in [-0.15, -0.1) is 0 Å². The third-order valence-electron chi connectivity index (χ3n) is 2.38. The van der Waals surface area contributed by atoms with Gasteiger partial charge < -0.3 is 0 Å². The van der Waals surface area contributed by atoms with Crippen molar-refractivity contribution in [2.45, 2.75) is 13.8 Å². The molecule has 0 bridgehead atoms. The van der Waals surface area contributed by atoms with Crippen molar-refractivity contribution in [3.8, 4) is 11.3 Å². The van der Waals surface area contributed by atoms with Gasteiger partial charge in [0, 0.05) is 12.6 Å². The molecular weight excluding hydrogens is 172 g/mol. The van der Waals surface area contributed by atoms with Crippen LogP contribution in [0.2, 0.25) is 0 Å². The molecule has 0 saturated heterocycles. The summed E-state index contributed by atoms with van der Waals surface area (Å²) < 4.78 is 1.71. The number of benzene rings is 1. The Labute approximate surface area is 84.2 Å². The van der Waals surface area contributed by atoms with Crippen LogP contribution < -0.4 is 0 Å². The average Bonchev–Trinajstić information content (AvgIpc) is 2.51. The van der Waals surface area contributed by atoms with Gasteiger partial charge in [0.2, 0.25) is 0 Å². The number of rotatable bonds is 1. The lowest BCUT2D eigenvalue weighted by Crippen LogP contribution is -1.91. The maximum atomic E-state index is 4.36. The maximum Gasteiger partial charge on any atom is 0.0935 e. The van der Waals surface area contributed by atoms with E-state index in [1.165, 1.54) is 16.7 Å². The first-order valence-corrected chi connectivity index (χ1v) is 4.67. The molecule has 71 valence electrons. The molecule has 14 heavy (non-hydrogen) atoms. The molecule has 2 rings (SSSR count). The van der Waals surface area contributed by atoms with E-state index in [1.807, 2.05) is 13.1 Å². The molecule has 0 saturated carbocycles. The summed E-state index contributed by atoms with van der Waals surface area (Å²) in [6.07, 6.45) is 3.03. The van der Waals surface area contributed by atoms with Gasteiger partial charge in [0.25, 0.3) is 0 Å². The van der Waals surface area contributed by atoms with Crippen LogP contribution in [0.1, 0.15) is 11.1 Å². The summed E-state index contributed by atoms with van der Waals surface area (Å²) in [6, 6.07) is 8.21. The quantitative estimate of drug-likeness (QED) is 0.667. The monoisotopic (exact) mass is 185 g/mol. The zero-order chi connectivity index (χ0) is 10.1. The summed E-state index contributed by atoms with van der Waals surface area (Å²) in [7, 11) is 1.89.